The molecule has 0 bridgehead atoms. The zero-order valence-corrected chi connectivity index (χ0v) is 11.5. The third-order valence-electron chi connectivity index (χ3n) is 3.27. The van der Waals surface area contributed by atoms with Crippen LogP contribution in [0.25, 0.3) is 10.8 Å². The Morgan fingerprint density at radius 1 is 1.10 bits per heavy atom. The highest BCUT2D eigenvalue weighted by atomic mass is 16.5. The van der Waals surface area contributed by atoms with Crippen LogP contribution in [0.5, 0.6) is 11.5 Å². The number of aromatic nitrogens is 1. The lowest BCUT2D eigenvalue weighted by molar-refractivity contribution is 0.420. The lowest BCUT2D eigenvalue weighted by Gasteiger charge is -2.13. The molecule has 0 saturated heterocycles. The molecule has 0 amide bonds. The summed E-state index contributed by atoms with van der Waals surface area (Å²) in [7, 11) is 1.62. The van der Waals surface area contributed by atoms with Crippen LogP contribution in [-0.4, -0.2) is 17.2 Å². The largest absolute Gasteiger partial charge is 0.508 e. The Morgan fingerprint density at radius 3 is 2.57 bits per heavy atom. The van der Waals surface area contributed by atoms with Crippen LogP contribution in [0.2, 0.25) is 0 Å². The van der Waals surface area contributed by atoms with Gasteiger partial charge in [0.15, 0.2) is 0 Å². The van der Waals surface area contributed by atoms with Gasteiger partial charge in [0, 0.05) is 23.0 Å². The minimum Gasteiger partial charge on any atom is -0.508 e. The molecule has 2 aromatic carbocycles. The highest BCUT2D eigenvalue weighted by molar-refractivity contribution is 6.04. The number of phenols is 1. The van der Waals surface area contributed by atoms with Crippen LogP contribution in [0, 0.1) is 0 Å². The molecule has 0 fully saturated rings. The molecule has 3 aromatic rings. The molecule has 0 radical (unpaired) electrons. The summed E-state index contributed by atoms with van der Waals surface area (Å²) in [6.45, 7) is 0. The second kappa shape index (κ2) is 5.20. The third kappa shape index (κ3) is 2.41. The Kier molecular flexibility index (Phi) is 3.23. The van der Waals surface area contributed by atoms with E-state index in [2.05, 4.69) is 10.3 Å². The molecule has 0 spiro atoms. The van der Waals surface area contributed by atoms with Crippen LogP contribution in [0.3, 0.4) is 0 Å². The fourth-order valence-electron chi connectivity index (χ4n) is 2.25. The number of nitrogens with two attached hydrogens (primary N) is 1. The van der Waals surface area contributed by atoms with Gasteiger partial charge in [-0.15, -0.1) is 0 Å². The lowest BCUT2D eigenvalue weighted by Crippen LogP contribution is -1.98. The summed E-state index contributed by atoms with van der Waals surface area (Å²) in [6.07, 6.45) is 1.70. The van der Waals surface area contributed by atoms with Gasteiger partial charge in [-0.05, 0) is 42.5 Å². The van der Waals surface area contributed by atoms with Gasteiger partial charge in [0.25, 0.3) is 0 Å². The Morgan fingerprint density at radius 2 is 1.86 bits per heavy atom. The molecule has 5 nitrogen and oxygen atoms in total. The number of aromatic hydroxyl groups is 1. The van der Waals surface area contributed by atoms with Crippen LogP contribution in [0.4, 0.5) is 17.2 Å². The molecule has 0 aliphatic rings. The number of rotatable bonds is 3. The molecular formula is C16H15N3O2. The normalized spacial score (nSPS) is 10.5. The number of hydrogen-bond donors (Lipinski definition) is 3. The average molecular weight is 281 g/mol. The Bertz CT molecular complexity index is 785. The average Bonchev–Trinajstić information content (AvgIpc) is 2.50. The third-order valence-corrected chi connectivity index (χ3v) is 3.27. The van der Waals surface area contributed by atoms with Crippen molar-refractivity contribution in [2.24, 2.45) is 0 Å². The first-order valence-corrected chi connectivity index (χ1v) is 6.46. The Labute approximate surface area is 122 Å². The van der Waals surface area contributed by atoms with Gasteiger partial charge in [0.1, 0.15) is 17.3 Å². The number of benzene rings is 2. The Hall–Kier alpha value is -2.95. The number of nitrogens with zero attached hydrogens (tertiary/aromatic N) is 1. The van der Waals surface area contributed by atoms with Crippen LogP contribution in [0.15, 0.2) is 48.7 Å². The predicted molar refractivity (Wildman–Crippen MR) is 84.1 cm³/mol. The van der Waals surface area contributed by atoms with E-state index in [-0.39, 0.29) is 5.75 Å². The molecular weight excluding hydrogens is 266 g/mol. The quantitative estimate of drug-likeness (QED) is 0.507. The number of fused-ring (bicyclic) bond motifs is 1. The molecule has 3 rings (SSSR count). The van der Waals surface area contributed by atoms with Crippen molar-refractivity contribution in [2.75, 3.05) is 18.2 Å². The van der Waals surface area contributed by atoms with Gasteiger partial charge < -0.3 is 20.9 Å². The van der Waals surface area contributed by atoms with Gasteiger partial charge in [-0.3, -0.25) is 0 Å². The molecule has 5 heteroatoms. The van der Waals surface area contributed by atoms with E-state index in [1.807, 2.05) is 12.1 Å². The first-order chi connectivity index (χ1) is 10.2. The molecule has 1 heterocycles. The summed E-state index contributed by atoms with van der Waals surface area (Å²) in [5.74, 6) is 1.61. The van der Waals surface area contributed by atoms with Crippen LogP contribution >= 0.6 is 0 Å². The molecule has 0 atom stereocenters. The van der Waals surface area contributed by atoms with Crippen molar-refractivity contribution in [3.05, 3.63) is 48.7 Å². The van der Waals surface area contributed by atoms with Crippen molar-refractivity contribution in [2.45, 2.75) is 0 Å². The molecule has 0 aliphatic heterocycles. The standard InChI is InChI=1S/C16H15N3O2/c1-21-14-7-6-13(17)15-12(14)8-9-18-16(15)19-10-2-4-11(20)5-3-10/h2-9,20H,17H2,1H3,(H,18,19). The number of nitrogens with one attached hydrogen (secondary N) is 1. The summed E-state index contributed by atoms with van der Waals surface area (Å²) in [6, 6.07) is 12.3. The summed E-state index contributed by atoms with van der Waals surface area (Å²) < 4.78 is 5.36. The zero-order chi connectivity index (χ0) is 14.8. The van der Waals surface area contributed by atoms with Gasteiger partial charge in [-0.25, -0.2) is 4.98 Å². The SMILES string of the molecule is COc1ccc(N)c2c(Nc3ccc(O)cc3)nccc12. The van der Waals surface area contributed by atoms with E-state index in [9.17, 15) is 5.11 Å². The molecule has 0 unspecified atom stereocenters. The van der Waals surface area contributed by atoms with Crippen molar-refractivity contribution in [3.63, 3.8) is 0 Å². The van der Waals surface area contributed by atoms with E-state index in [1.54, 1.807) is 43.6 Å². The van der Waals surface area contributed by atoms with E-state index in [4.69, 9.17) is 10.5 Å². The van der Waals surface area contributed by atoms with Gasteiger partial charge >= 0.3 is 0 Å². The van der Waals surface area contributed by atoms with Crippen molar-refractivity contribution in [1.82, 2.24) is 4.98 Å². The first-order valence-electron chi connectivity index (χ1n) is 6.46. The lowest BCUT2D eigenvalue weighted by atomic mass is 10.1. The molecule has 0 saturated carbocycles. The van der Waals surface area contributed by atoms with Crippen molar-refractivity contribution in [3.8, 4) is 11.5 Å². The zero-order valence-electron chi connectivity index (χ0n) is 11.5. The Balaban J connectivity index is 2.12. The summed E-state index contributed by atoms with van der Waals surface area (Å²) in [5, 5.41) is 14.2. The van der Waals surface area contributed by atoms with Gasteiger partial charge in [-0.1, -0.05) is 0 Å². The highest BCUT2D eigenvalue weighted by Gasteiger charge is 2.10. The van der Waals surface area contributed by atoms with Gasteiger partial charge in [0.05, 0.1) is 12.5 Å². The fraction of sp³-hybridized carbons (Fsp3) is 0.0625. The van der Waals surface area contributed by atoms with Crippen LogP contribution < -0.4 is 15.8 Å². The fourth-order valence-corrected chi connectivity index (χ4v) is 2.25. The monoisotopic (exact) mass is 281 g/mol. The molecule has 0 aliphatic carbocycles. The summed E-state index contributed by atoms with van der Waals surface area (Å²) in [5.41, 5.74) is 7.52. The number of phenolic OH excluding ortho intramolecular Hbond substituents is 1. The van der Waals surface area contributed by atoms with Gasteiger partial charge in [-0.2, -0.15) is 0 Å². The van der Waals surface area contributed by atoms with E-state index in [1.165, 1.54) is 0 Å². The number of ether oxygens (including phenoxy) is 1. The number of methoxy groups -OCH3 is 1. The minimum absolute atomic E-state index is 0.215. The molecule has 106 valence electrons. The maximum Gasteiger partial charge on any atom is 0.140 e. The maximum atomic E-state index is 9.33. The van der Waals surface area contributed by atoms with Crippen molar-refractivity contribution in [1.29, 1.82) is 0 Å². The van der Waals surface area contributed by atoms with E-state index < -0.39 is 0 Å². The predicted octanol–water partition coefficient (Wildman–Crippen LogP) is 3.27. The summed E-state index contributed by atoms with van der Waals surface area (Å²) >= 11 is 0. The van der Waals surface area contributed by atoms with Crippen LogP contribution in [0.1, 0.15) is 0 Å². The first kappa shape index (κ1) is 13.1. The summed E-state index contributed by atoms with van der Waals surface area (Å²) in [4.78, 5) is 4.35. The number of nitrogen functional groups attached to an aromatic ring is 1. The van der Waals surface area contributed by atoms with Crippen molar-refractivity contribution >= 4 is 28.0 Å². The van der Waals surface area contributed by atoms with Crippen molar-refractivity contribution < 1.29 is 9.84 Å². The van der Waals surface area contributed by atoms with Crippen LogP contribution in [-0.2, 0) is 0 Å². The highest BCUT2D eigenvalue weighted by Crippen LogP contribution is 2.35. The van der Waals surface area contributed by atoms with E-state index in [0.29, 0.717) is 11.5 Å². The molecule has 21 heavy (non-hydrogen) atoms. The second-order valence-corrected chi connectivity index (χ2v) is 4.61. The smallest absolute Gasteiger partial charge is 0.140 e. The number of hydrogen-bond acceptors (Lipinski definition) is 5. The second-order valence-electron chi connectivity index (χ2n) is 4.61. The topological polar surface area (TPSA) is 80.4 Å². The van der Waals surface area contributed by atoms with Gasteiger partial charge in [0.2, 0.25) is 0 Å². The molecule has 4 N–H and O–H groups in total. The maximum absolute atomic E-state index is 9.33. The molecule has 1 aromatic heterocycles. The van der Waals surface area contributed by atoms with E-state index >= 15 is 0 Å². The number of pyridine rings is 1. The van der Waals surface area contributed by atoms with E-state index in [0.717, 1.165) is 22.2 Å². The number of anilines is 3. The minimum atomic E-state index is 0.215.